The molecule has 0 saturated carbocycles. The van der Waals surface area contributed by atoms with Gasteiger partial charge < -0.3 is 5.32 Å². The molecule has 6 heteroatoms. The summed E-state index contributed by atoms with van der Waals surface area (Å²) in [4.78, 5) is 26.3. The largest absolute Gasteiger partial charge is 0.323 e. The third-order valence-electron chi connectivity index (χ3n) is 4.01. The van der Waals surface area contributed by atoms with Gasteiger partial charge in [-0.3, -0.25) is 14.5 Å². The fourth-order valence-corrected chi connectivity index (χ4v) is 3.85. The molecule has 1 aliphatic heterocycles. The number of carbonyl (C=O) groups is 2. The van der Waals surface area contributed by atoms with Gasteiger partial charge in [0.25, 0.3) is 0 Å². The molecule has 2 heterocycles. The molecule has 1 fully saturated rings. The first-order valence-electron chi connectivity index (χ1n) is 7.80. The van der Waals surface area contributed by atoms with Gasteiger partial charge in [0, 0.05) is 13.0 Å². The summed E-state index contributed by atoms with van der Waals surface area (Å²) in [5, 5.41) is 14.1. The molecule has 2 atom stereocenters. The molecule has 0 spiro atoms. The van der Waals surface area contributed by atoms with Gasteiger partial charge in [-0.2, -0.15) is 5.26 Å². The molecule has 0 aromatic carbocycles. The van der Waals surface area contributed by atoms with Crippen molar-refractivity contribution < 1.29 is 9.59 Å². The van der Waals surface area contributed by atoms with Crippen molar-refractivity contribution in [3.8, 4) is 6.19 Å². The molecule has 2 rings (SSSR count). The SMILES string of the molecule is CC(=O)c1sccc1NC(=O)C1CCC(CC(C)(C)C)N1C#N. The van der Waals surface area contributed by atoms with Gasteiger partial charge in [-0.05, 0) is 36.1 Å². The molecule has 23 heavy (non-hydrogen) atoms. The third kappa shape index (κ3) is 4.11. The number of amides is 1. The minimum absolute atomic E-state index is 0.0653. The van der Waals surface area contributed by atoms with Crippen molar-refractivity contribution in [1.29, 1.82) is 5.26 Å². The number of rotatable bonds is 4. The summed E-state index contributed by atoms with van der Waals surface area (Å²) in [5.41, 5.74) is 0.657. The van der Waals surface area contributed by atoms with Gasteiger partial charge in [-0.15, -0.1) is 11.3 Å². The van der Waals surface area contributed by atoms with Crippen molar-refractivity contribution in [2.45, 2.75) is 59.0 Å². The molecule has 1 amide bonds. The van der Waals surface area contributed by atoms with E-state index in [0.29, 0.717) is 17.0 Å². The second-order valence-electron chi connectivity index (χ2n) is 7.23. The molecule has 1 N–H and O–H groups in total. The fraction of sp³-hybridized carbons (Fsp3) is 0.588. The third-order valence-corrected chi connectivity index (χ3v) is 5.03. The number of Topliss-reactive ketones (excluding diaryl/α,β-unsaturated/α-hetero) is 1. The van der Waals surface area contributed by atoms with Crippen LogP contribution in [-0.4, -0.2) is 28.7 Å². The molecule has 124 valence electrons. The van der Waals surface area contributed by atoms with Gasteiger partial charge >= 0.3 is 0 Å². The molecule has 2 unspecified atom stereocenters. The van der Waals surface area contributed by atoms with E-state index >= 15 is 0 Å². The van der Waals surface area contributed by atoms with E-state index in [1.165, 1.54) is 18.3 Å². The van der Waals surface area contributed by atoms with E-state index in [4.69, 9.17) is 0 Å². The lowest BCUT2D eigenvalue weighted by atomic mass is 9.87. The van der Waals surface area contributed by atoms with Crippen molar-refractivity contribution in [3.63, 3.8) is 0 Å². The first kappa shape index (κ1) is 17.5. The smallest absolute Gasteiger partial charge is 0.247 e. The quantitative estimate of drug-likeness (QED) is 0.674. The number of carbonyl (C=O) groups excluding carboxylic acids is 2. The van der Waals surface area contributed by atoms with E-state index in [0.717, 1.165) is 12.8 Å². The minimum atomic E-state index is -0.452. The predicted octanol–water partition coefficient (Wildman–Crippen LogP) is 3.64. The fourth-order valence-electron chi connectivity index (χ4n) is 3.10. The number of anilines is 1. The Kier molecular flexibility index (Phi) is 5.10. The Morgan fingerprint density at radius 3 is 2.70 bits per heavy atom. The van der Waals surface area contributed by atoms with Crippen molar-refractivity contribution in [2.24, 2.45) is 5.41 Å². The predicted molar refractivity (Wildman–Crippen MR) is 91.3 cm³/mol. The van der Waals surface area contributed by atoms with Crippen LogP contribution in [0.3, 0.4) is 0 Å². The maximum absolute atomic E-state index is 12.6. The molecule has 1 aromatic heterocycles. The average Bonchev–Trinajstić information content (AvgIpc) is 3.03. The Hall–Kier alpha value is -1.87. The topological polar surface area (TPSA) is 73.2 Å². The number of hydrogen-bond acceptors (Lipinski definition) is 5. The lowest BCUT2D eigenvalue weighted by Crippen LogP contribution is -2.41. The lowest BCUT2D eigenvalue weighted by Gasteiger charge is -2.29. The molecule has 0 bridgehead atoms. The molecule has 1 aliphatic rings. The molecule has 1 aromatic rings. The molecule has 0 radical (unpaired) electrons. The van der Waals surface area contributed by atoms with E-state index in [9.17, 15) is 14.9 Å². The van der Waals surface area contributed by atoms with Gasteiger partial charge in [0.1, 0.15) is 6.04 Å². The molecular weight excluding hydrogens is 310 g/mol. The molecule has 1 saturated heterocycles. The number of ketones is 1. The number of nitrogens with zero attached hydrogens (tertiary/aromatic N) is 2. The Morgan fingerprint density at radius 1 is 1.43 bits per heavy atom. The molecule has 5 nitrogen and oxygen atoms in total. The van der Waals surface area contributed by atoms with Gasteiger partial charge in [0.05, 0.1) is 10.6 Å². The van der Waals surface area contributed by atoms with E-state index < -0.39 is 6.04 Å². The van der Waals surface area contributed by atoms with Gasteiger partial charge in [0.2, 0.25) is 5.91 Å². The number of thiophene rings is 1. The monoisotopic (exact) mass is 333 g/mol. The highest BCUT2D eigenvalue weighted by atomic mass is 32.1. The van der Waals surface area contributed by atoms with Crippen LogP contribution in [0.1, 0.15) is 56.6 Å². The second kappa shape index (κ2) is 6.71. The number of nitrogens with one attached hydrogen (secondary N) is 1. The highest BCUT2D eigenvalue weighted by Gasteiger charge is 2.39. The summed E-state index contributed by atoms with van der Waals surface area (Å²) in [7, 11) is 0. The van der Waals surface area contributed by atoms with Crippen LogP contribution in [0.15, 0.2) is 11.4 Å². The summed E-state index contributed by atoms with van der Waals surface area (Å²) in [6.45, 7) is 7.90. The van der Waals surface area contributed by atoms with Crippen LogP contribution in [0.5, 0.6) is 0 Å². The average molecular weight is 333 g/mol. The van der Waals surface area contributed by atoms with Crippen LogP contribution >= 0.6 is 11.3 Å². The first-order chi connectivity index (χ1) is 10.7. The number of nitriles is 1. The Bertz CT molecular complexity index is 639. The summed E-state index contributed by atoms with van der Waals surface area (Å²) in [6.07, 6.45) is 4.57. The normalized spacial score (nSPS) is 21.1. The summed E-state index contributed by atoms with van der Waals surface area (Å²) in [5.74, 6) is -0.270. The van der Waals surface area contributed by atoms with Gasteiger partial charge in [0.15, 0.2) is 12.0 Å². The Labute approximate surface area is 141 Å². The van der Waals surface area contributed by atoms with E-state index in [2.05, 4.69) is 32.3 Å². The van der Waals surface area contributed by atoms with E-state index in [1.54, 1.807) is 16.3 Å². The standard InChI is InChI=1S/C17H23N3O2S/c1-11(21)15-13(7-8-23-15)19-16(22)14-6-5-12(20(14)10-18)9-17(2,3)4/h7-8,12,14H,5-6,9H2,1-4H3,(H,19,22). The molecular formula is C17H23N3O2S. The van der Waals surface area contributed by atoms with Crippen LogP contribution in [0.25, 0.3) is 0 Å². The van der Waals surface area contributed by atoms with Crippen LogP contribution in [0.4, 0.5) is 5.69 Å². The zero-order valence-electron chi connectivity index (χ0n) is 14.0. The Morgan fingerprint density at radius 2 is 2.13 bits per heavy atom. The van der Waals surface area contributed by atoms with Crippen molar-refractivity contribution in [3.05, 3.63) is 16.3 Å². The van der Waals surface area contributed by atoms with Gasteiger partial charge in [-0.25, -0.2) is 0 Å². The van der Waals surface area contributed by atoms with Crippen LogP contribution in [-0.2, 0) is 4.79 Å². The minimum Gasteiger partial charge on any atom is -0.323 e. The van der Waals surface area contributed by atoms with Crippen molar-refractivity contribution in [1.82, 2.24) is 4.90 Å². The lowest BCUT2D eigenvalue weighted by molar-refractivity contribution is -0.119. The number of hydrogen-bond donors (Lipinski definition) is 1. The van der Waals surface area contributed by atoms with Crippen molar-refractivity contribution >= 4 is 28.7 Å². The Balaban J connectivity index is 2.09. The van der Waals surface area contributed by atoms with Gasteiger partial charge in [-0.1, -0.05) is 20.8 Å². The summed E-state index contributed by atoms with van der Waals surface area (Å²) in [6, 6.07) is 1.38. The number of likely N-dealkylation sites (tertiary alicyclic amines) is 1. The van der Waals surface area contributed by atoms with Crippen LogP contribution < -0.4 is 5.32 Å². The highest BCUT2D eigenvalue weighted by Crippen LogP contribution is 2.33. The van der Waals surface area contributed by atoms with E-state index in [-0.39, 0.29) is 23.1 Å². The first-order valence-corrected chi connectivity index (χ1v) is 8.68. The zero-order valence-corrected chi connectivity index (χ0v) is 14.9. The highest BCUT2D eigenvalue weighted by molar-refractivity contribution is 7.12. The van der Waals surface area contributed by atoms with Crippen molar-refractivity contribution in [2.75, 3.05) is 5.32 Å². The maximum atomic E-state index is 12.6. The molecule has 0 aliphatic carbocycles. The van der Waals surface area contributed by atoms with Crippen LogP contribution in [0.2, 0.25) is 0 Å². The zero-order chi connectivity index (χ0) is 17.2. The van der Waals surface area contributed by atoms with Crippen LogP contribution in [0, 0.1) is 16.9 Å². The summed E-state index contributed by atoms with van der Waals surface area (Å²) >= 11 is 1.31. The van der Waals surface area contributed by atoms with E-state index in [1.807, 2.05) is 0 Å². The summed E-state index contributed by atoms with van der Waals surface area (Å²) < 4.78 is 0. The maximum Gasteiger partial charge on any atom is 0.247 e. The second-order valence-corrected chi connectivity index (χ2v) is 8.14.